The number of benzene rings is 1. The molecule has 0 amide bonds. The van der Waals surface area contributed by atoms with Crippen molar-refractivity contribution in [3.63, 3.8) is 0 Å². The highest BCUT2D eigenvalue weighted by molar-refractivity contribution is 6.35. The van der Waals surface area contributed by atoms with Crippen LogP contribution in [0, 0.1) is 22.5 Å². The summed E-state index contributed by atoms with van der Waals surface area (Å²) in [4.78, 5) is 19.0. The zero-order chi connectivity index (χ0) is 20.1. The second-order valence-corrected chi connectivity index (χ2v) is 6.64. The minimum absolute atomic E-state index is 0.0107. The van der Waals surface area contributed by atoms with Crippen LogP contribution in [0.4, 0.5) is 0 Å². The van der Waals surface area contributed by atoms with Crippen molar-refractivity contribution in [2.45, 2.75) is 18.4 Å². The molecule has 3 rings (SSSR count). The number of terminal acetylenes is 1. The van der Waals surface area contributed by atoms with E-state index >= 15 is 0 Å². The minimum atomic E-state index is -1.36. The van der Waals surface area contributed by atoms with Crippen molar-refractivity contribution >= 4 is 23.2 Å². The van der Waals surface area contributed by atoms with Crippen molar-refractivity contribution in [1.29, 1.82) is 0 Å². The van der Waals surface area contributed by atoms with Gasteiger partial charge >= 0.3 is 5.09 Å². The highest BCUT2D eigenvalue weighted by Gasteiger charge is 2.45. The molecule has 2 aromatic rings. The summed E-state index contributed by atoms with van der Waals surface area (Å²) in [7, 11) is 0. The Morgan fingerprint density at radius 3 is 3.04 bits per heavy atom. The molecule has 2 unspecified atom stereocenters. The molecule has 0 spiro atoms. The second kappa shape index (κ2) is 8.77. The van der Waals surface area contributed by atoms with E-state index in [-0.39, 0.29) is 32.4 Å². The fourth-order valence-electron chi connectivity index (χ4n) is 2.81. The lowest BCUT2D eigenvalue weighted by atomic mass is 10.1. The molecule has 148 valence electrons. The molecule has 1 aromatic heterocycles. The molecule has 9 nitrogen and oxygen atoms in total. The van der Waals surface area contributed by atoms with Crippen LogP contribution in [-0.2, 0) is 26.5 Å². The van der Waals surface area contributed by atoms with E-state index in [9.17, 15) is 10.1 Å². The Morgan fingerprint density at radius 1 is 1.50 bits per heavy atom. The van der Waals surface area contributed by atoms with Crippen LogP contribution in [0.25, 0.3) is 0 Å². The number of halogens is 2. The largest absolute Gasteiger partial charge is 0.366 e. The monoisotopic (exact) mass is 427 g/mol. The maximum absolute atomic E-state index is 10.7. The van der Waals surface area contributed by atoms with Gasteiger partial charge in [-0.3, -0.25) is 0 Å². The smallest absolute Gasteiger partial charge is 0.302 e. The van der Waals surface area contributed by atoms with Crippen LogP contribution >= 0.6 is 23.2 Å². The fourth-order valence-corrected chi connectivity index (χ4v) is 3.36. The molecule has 1 aromatic carbocycles. The van der Waals surface area contributed by atoms with Crippen molar-refractivity contribution in [3.05, 3.63) is 56.3 Å². The Morgan fingerprint density at radius 2 is 2.32 bits per heavy atom. The molecule has 2 heterocycles. The highest BCUT2D eigenvalue weighted by atomic mass is 35.5. The van der Waals surface area contributed by atoms with E-state index < -0.39 is 17.0 Å². The minimum Gasteiger partial charge on any atom is -0.366 e. The number of rotatable bonds is 8. The summed E-state index contributed by atoms with van der Waals surface area (Å²) in [5.41, 5.74) is 0.499. The van der Waals surface area contributed by atoms with Crippen LogP contribution < -0.4 is 4.84 Å². The van der Waals surface area contributed by atoms with Gasteiger partial charge in [0.1, 0.15) is 12.7 Å². The van der Waals surface area contributed by atoms with Gasteiger partial charge in [0.25, 0.3) is 6.01 Å². The third kappa shape index (κ3) is 4.55. The molecule has 1 saturated heterocycles. The van der Waals surface area contributed by atoms with E-state index in [4.69, 9.17) is 43.8 Å². The highest BCUT2D eigenvalue weighted by Crippen LogP contribution is 2.41. The summed E-state index contributed by atoms with van der Waals surface area (Å²) in [5.74, 6) is 1.01. The van der Waals surface area contributed by atoms with Crippen LogP contribution in [0.3, 0.4) is 0 Å². The van der Waals surface area contributed by atoms with E-state index in [2.05, 4.69) is 15.7 Å². The zero-order valence-corrected chi connectivity index (χ0v) is 15.9. The molecule has 2 atom stereocenters. The van der Waals surface area contributed by atoms with Crippen LogP contribution in [0.15, 0.2) is 30.6 Å². The van der Waals surface area contributed by atoms with Gasteiger partial charge in [-0.25, -0.2) is 9.82 Å². The first-order valence-corrected chi connectivity index (χ1v) is 8.81. The van der Waals surface area contributed by atoms with Gasteiger partial charge in [0.15, 0.2) is 0 Å². The summed E-state index contributed by atoms with van der Waals surface area (Å²) in [6, 6.07) is 4.63. The lowest BCUT2D eigenvalue weighted by molar-refractivity contribution is -0.713. The van der Waals surface area contributed by atoms with Crippen LogP contribution in [0.1, 0.15) is 5.56 Å². The maximum atomic E-state index is 10.7. The number of hydrogen-bond donors (Lipinski definition) is 0. The SMILES string of the molecule is C#CCOCC1COC(Cn2ccnc2O[N+](=O)[O-])(c2ccc(Cl)cc2Cl)O1. The summed E-state index contributed by atoms with van der Waals surface area (Å²) < 4.78 is 18.8. The van der Waals surface area contributed by atoms with Crippen molar-refractivity contribution < 1.29 is 24.1 Å². The second-order valence-electron chi connectivity index (χ2n) is 5.80. The van der Waals surface area contributed by atoms with Gasteiger partial charge < -0.3 is 18.8 Å². The van der Waals surface area contributed by atoms with E-state index in [0.717, 1.165) is 0 Å². The fraction of sp³-hybridized carbons (Fsp3) is 0.353. The number of ether oxygens (including phenoxy) is 3. The molecule has 1 aliphatic rings. The maximum Gasteiger partial charge on any atom is 0.302 e. The van der Waals surface area contributed by atoms with Crippen LogP contribution in [0.2, 0.25) is 10.0 Å². The zero-order valence-electron chi connectivity index (χ0n) is 14.4. The van der Waals surface area contributed by atoms with E-state index in [1.54, 1.807) is 18.2 Å². The van der Waals surface area contributed by atoms with E-state index in [1.165, 1.54) is 17.0 Å². The number of imidazole rings is 1. The van der Waals surface area contributed by atoms with Crippen molar-refractivity contribution in [2.24, 2.45) is 0 Å². The Balaban J connectivity index is 1.91. The van der Waals surface area contributed by atoms with Crippen LogP contribution in [0.5, 0.6) is 6.01 Å². The predicted molar refractivity (Wildman–Crippen MR) is 98.5 cm³/mol. The molecular formula is C17H15Cl2N3O6. The molecule has 28 heavy (non-hydrogen) atoms. The van der Waals surface area contributed by atoms with Crippen molar-refractivity contribution in [3.8, 4) is 18.4 Å². The molecule has 0 aliphatic carbocycles. The summed E-state index contributed by atoms with van der Waals surface area (Å²) in [6.45, 7) is 0.531. The first-order chi connectivity index (χ1) is 13.4. The van der Waals surface area contributed by atoms with Crippen molar-refractivity contribution in [1.82, 2.24) is 9.55 Å². The molecule has 0 bridgehead atoms. The molecule has 1 aliphatic heterocycles. The van der Waals surface area contributed by atoms with Gasteiger partial charge in [0.05, 0.1) is 24.8 Å². The molecule has 0 saturated carbocycles. The first-order valence-electron chi connectivity index (χ1n) is 8.05. The van der Waals surface area contributed by atoms with Gasteiger partial charge in [-0.2, -0.15) is 0 Å². The number of aromatic nitrogens is 2. The topological polar surface area (TPSA) is 97.9 Å². The van der Waals surface area contributed by atoms with Gasteiger partial charge in [-0.05, 0) is 12.1 Å². The average molecular weight is 428 g/mol. The normalized spacial score (nSPS) is 21.4. The van der Waals surface area contributed by atoms with Gasteiger partial charge in [-0.1, -0.05) is 35.2 Å². The number of nitrogens with zero attached hydrogens (tertiary/aromatic N) is 3. The summed E-state index contributed by atoms with van der Waals surface area (Å²) in [6.07, 6.45) is 7.61. The van der Waals surface area contributed by atoms with Crippen molar-refractivity contribution in [2.75, 3.05) is 19.8 Å². The Labute approximate surface area is 170 Å². The lowest BCUT2D eigenvalue weighted by Crippen LogP contribution is -2.34. The predicted octanol–water partition coefficient (Wildman–Crippen LogP) is 2.68. The average Bonchev–Trinajstić information content (AvgIpc) is 3.23. The van der Waals surface area contributed by atoms with Crippen LogP contribution in [-0.4, -0.2) is 40.6 Å². The standard InChI is InChI=1S/C17H15Cl2N3O6/c1-2-7-25-9-13-10-26-17(27-13,14-4-3-12(18)8-15(14)19)11-21-6-5-20-16(21)28-22(23)24/h1,3-6,8,13H,7,9-11H2. The summed E-state index contributed by atoms with van der Waals surface area (Å²) in [5, 5.41) is 10.5. The lowest BCUT2D eigenvalue weighted by Gasteiger charge is -2.30. The molecule has 11 heteroatoms. The van der Waals surface area contributed by atoms with Gasteiger partial charge in [0.2, 0.25) is 5.79 Å². The Hall–Kier alpha value is -2.35. The van der Waals surface area contributed by atoms with Gasteiger partial charge in [0, 0.05) is 23.0 Å². The first kappa shape index (κ1) is 20.4. The third-order valence-corrected chi connectivity index (χ3v) is 4.45. The Bertz CT molecular complexity index is 899. The molecular weight excluding hydrogens is 413 g/mol. The van der Waals surface area contributed by atoms with E-state index in [1.807, 2.05) is 0 Å². The molecule has 0 N–H and O–H groups in total. The molecule has 1 fully saturated rings. The molecule has 0 radical (unpaired) electrons. The quantitative estimate of drug-likeness (QED) is 0.276. The third-order valence-electron chi connectivity index (χ3n) is 3.90. The van der Waals surface area contributed by atoms with E-state index in [0.29, 0.717) is 15.6 Å². The Kier molecular flexibility index (Phi) is 6.39. The number of hydrogen-bond acceptors (Lipinski definition) is 7. The van der Waals surface area contributed by atoms with Gasteiger partial charge in [-0.15, -0.1) is 16.5 Å². The summed E-state index contributed by atoms with van der Waals surface area (Å²) >= 11 is 12.4.